The number of rotatable bonds is 3. The van der Waals surface area contributed by atoms with Gasteiger partial charge in [0, 0.05) is 24.9 Å². The van der Waals surface area contributed by atoms with E-state index in [1.165, 1.54) is 7.11 Å². The van der Waals surface area contributed by atoms with Crippen molar-refractivity contribution >= 4 is 33.5 Å². The minimum Gasteiger partial charge on any atom is -0.468 e. The van der Waals surface area contributed by atoms with Gasteiger partial charge in [-0.05, 0) is 42.9 Å². The predicted molar refractivity (Wildman–Crippen MR) is 92.4 cm³/mol. The van der Waals surface area contributed by atoms with E-state index in [0.29, 0.717) is 13.2 Å². The van der Waals surface area contributed by atoms with Crippen LogP contribution in [0.1, 0.15) is 41.6 Å². The Morgan fingerprint density at radius 1 is 1.38 bits per heavy atom. The third-order valence-electron chi connectivity index (χ3n) is 5.43. The van der Waals surface area contributed by atoms with Crippen molar-refractivity contribution in [2.45, 2.75) is 42.0 Å². The lowest BCUT2D eigenvalue weighted by Gasteiger charge is -2.32. The van der Waals surface area contributed by atoms with Gasteiger partial charge in [-0.25, -0.2) is 0 Å². The topological polar surface area (TPSA) is 55.8 Å². The summed E-state index contributed by atoms with van der Waals surface area (Å²) in [6.07, 6.45) is 3.44. The lowest BCUT2D eigenvalue weighted by Crippen LogP contribution is -2.43. The molecule has 0 N–H and O–H groups in total. The fourth-order valence-corrected chi connectivity index (χ4v) is 4.63. The zero-order valence-electron chi connectivity index (χ0n) is 13.6. The maximum absolute atomic E-state index is 13.2. The number of carbonyl (C=O) groups excluding carboxylic acids is 2. The first-order valence-electron chi connectivity index (χ1n) is 8.37. The van der Waals surface area contributed by atoms with E-state index < -0.39 is 10.2 Å². The SMILES string of the molecule is COC(=O)C(Br)c1cccc2c1C1(CC1)C(=O)N2C1CCOCC1. The third kappa shape index (κ3) is 2.23. The number of esters is 1. The Balaban J connectivity index is 1.80. The van der Waals surface area contributed by atoms with Crippen LogP contribution in [0.25, 0.3) is 0 Å². The van der Waals surface area contributed by atoms with E-state index in [9.17, 15) is 9.59 Å². The lowest BCUT2D eigenvalue weighted by molar-refractivity contribution is -0.140. The molecule has 1 saturated carbocycles. The summed E-state index contributed by atoms with van der Waals surface area (Å²) in [5.74, 6) is -0.141. The Kier molecular flexibility index (Phi) is 3.92. The molecule has 1 spiro atoms. The molecule has 1 aliphatic carbocycles. The lowest BCUT2D eigenvalue weighted by atomic mass is 9.91. The Morgan fingerprint density at radius 2 is 2.08 bits per heavy atom. The van der Waals surface area contributed by atoms with Crippen LogP contribution in [0.3, 0.4) is 0 Å². The molecule has 0 radical (unpaired) electrons. The number of amides is 1. The number of fused-ring (bicyclic) bond motifs is 2. The van der Waals surface area contributed by atoms with Crippen molar-refractivity contribution in [3.63, 3.8) is 0 Å². The number of benzene rings is 1. The number of anilines is 1. The van der Waals surface area contributed by atoms with Crippen LogP contribution in [0.4, 0.5) is 5.69 Å². The Hall–Kier alpha value is -1.40. The maximum Gasteiger partial charge on any atom is 0.324 e. The number of ether oxygens (including phenoxy) is 2. The third-order valence-corrected chi connectivity index (χ3v) is 6.30. The highest BCUT2D eigenvalue weighted by Crippen LogP contribution is 2.60. The van der Waals surface area contributed by atoms with Gasteiger partial charge in [-0.3, -0.25) is 9.59 Å². The van der Waals surface area contributed by atoms with Crippen molar-refractivity contribution in [1.29, 1.82) is 0 Å². The second-order valence-electron chi connectivity index (χ2n) is 6.73. The largest absolute Gasteiger partial charge is 0.468 e. The molecule has 1 aromatic rings. The number of methoxy groups -OCH3 is 1. The summed E-state index contributed by atoms with van der Waals surface area (Å²) in [6.45, 7) is 1.39. The summed E-state index contributed by atoms with van der Waals surface area (Å²) in [4.78, 5) is 26.7. The second kappa shape index (κ2) is 5.85. The van der Waals surface area contributed by atoms with E-state index in [2.05, 4.69) is 15.9 Å². The molecule has 24 heavy (non-hydrogen) atoms. The smallest absolute Gasteiger partial charge is 0.324 e. The summed E-state index contributed by atoms with van der Waals surface area (Å²) < 4.78 is 10.3. The first-order valence-corrected chi connectivity index (χ1v) is 9.28. The van der Waals surface area contributed by atoms with Crippen LogP contribution in [-0.2, 0) is 24.5 Å². The fraction of sp³-hybridized carbons (Fsp3) is 0.556. The van der Waals surface area contributed by atoms with Crippen LogP contribution in [0.15, 0.2) is 18.2 Å². The standard InChI is InChI=1S/C18H20BrNO4/c1-23-16(21)15(19)12-3-2-4-13-14(12)18(7-8-18)17(22)20(13)11-5-9-24-10-6-11/h2-4,11,15H,5-10H2,1H3. The van der Waals surface area contributed by atoms with Crippen molar-refractivity contribution < 1.29 is 19.1 Å². The molecule has 2 fully saturated rings. The normalized spacial score (nSPS) is 23.2. The van der Waals surface area contributed by atoms with E-state index in [1.807, 2.05) is 23.1 Å². The molecule has 3 aliphatic rings. The van der Waals surface area contributed by atoms with Gasteiger partial charge in [-0.1, -0.05) is 28.1 Å². The van der Waals surface area contributed by atoms with Crippen LogP contribution in [0, 0.1) is 0 Å². The molecule has 1 unspecified atom stereocenters. The van der Waals surface area contributed by atoms with Crippen LogP contribution in [-0.4, -0.2) is 38.2 Å². The predicted octanol–water partition coefficient (Wildman–Crippen LogP) is 2.85. The van der Waals surface area contributed by atoms with Crippen LogP contribution >= 0.6 is 15.9 Å². The van der Waals surface area contributed by atoms with Crippen molar-refractivity contribution in [3.8, 4) is 0 Å². The highest BCUT2D eigenvalue weighted by atomic mass is 79.9. The molecule has 0 aromatic heterocycles. The maximum atomic E-state index is 13.2. The summed E-state index contributed by atoms with van der Waals surface area (Å²) in [5, 5.41) is 0. The van der Waals surface area contributed by atoms with Gasteiger partial charge in [0.25, 0.3) is 0 Å². The minimum absolute atomic E-state index is 0.187. The van der Waals surface area contributed by atoms with E-state index in [4.69, 9.17) is 9.47 Å². The average Bonchev–Trinajstić information content (AvgIpc) is 3.38. The van der Waals surface area contributed by atoms with Crippen LogP contribution < -0.4 is 4.90 Å². The van der Waals surface area contributed by atoms with Crippen LogP contribution in [0.5, 0.6) is 0 Å². The summed E-state index contributed by atoms with van der Waals surface area (Å²) in [5.41, 5.74) is 2.42. The second-order valence-corrected chi connectivity index (χ2v) is 7.64. The molecule has 1 atom stereocenters. The Morgan fingerprint density at radius 3 is 2.71 bits per heavy atom. The Bertz CT molecular complexity index is 694. The molecular weight excluding hydrogens is 374 g/mol. The van der Waals surface area contributed by atoms with Gasteiger partial charge >= 0.3 is 5.97 Å². The fourth-order valence-electron chi connectivity index (χ4n) is 4.06. The highest BCUT2D eigenvalue weighted by molar-refractivity contribution is 9.09. The molecule has 128 valence electrons. The van der Waals surface area contributed by atoms with E-state index >= 15 is 0 Å². The van der Waals surface area contributed by atoms with Gasteiger partial charge in [0.15, 0.2) is 0 Å². The number of halogens is 1. The zero-order valence-corrected chi connectivity index (χ0v) is 15.2. The van der Waals surface area contributed by atoms with Gasteiger partial charge in [-0.15, -0.1) is 0 Å². The van der Waals surface area contributed by atoms with E-state index in [0.717, 1.165) is 42.5 Å². The zero-order chi connectivity index (χ0) is 16.9. The Labute approximate surface area is 149 Å². The van der Waals surface area contributed by atoms with Crippen LogP contribution in [0.2, 0.25) is 0 Å². The molecule has 0 bridgehead atoms. The van der Waals surface area contributed by atoms with Crippen molar-refractivity contribution in [2.24, 2.45) is 0 Å². The minimum atomic E-state index is -0.544. The van der Waals surface area contributed by atoms with E-state index in [1.54, 1.807) is 0 Å². The molecule has 1 aromatic carbocycles. The van der Waals surface area contributed by atoms with Crippen molar-refractivity contribution in [3.05, 3.63) is 29.3 Å². The van der Waals surface area contributed by atoms with Gasteiger partial charge in [0.2, 0.25) is 5.91 Å². The number of alkyl halides is 1. The summed E-state index contributed by atoms with van der Waals surface area (Å²) in [6, 6.07) is 6.05. The quantitative estimate of drug-likeness (QED) is 0.585. The molecule has 5 nitrogen and oxygen atoms in total. The van der Waals surface area contributed by atoms with Gasteiger partial charge < -0.3 is 14.4 Å². The summed E-state index contributed by atoms with van der Waals surface area (Å²) >= 11 is 3.46. The van der Waals surface area contributed by atoms with E-state index in [-0.39, 0.29) is 17.9 Å². The first-order chi connectivity index (χ1) is 11.6. The molecule has 1 saturated heterocycles. The monoisotopic (exact) mass is 393 g/mol. The summed E-state index contributed by atoms with van der Waals surface area (Å²) in [7, 11) is 1.38. The molecule has 1 amide bonds. The molecule has 4 rings (SSSR count). The molecule has 6 heteroatoms. The van der Waals surface area contributed by atoms with Crippen molar-refractivity contribution in [1.82, 2.24) is 0 Å². The number of carbonyl (C=O) groups is 2. The first kappa shape index (κ1) is 16.1. The van der Waals surface area contributed by atoms with Gasteiger partial charge in [-0.2, -0.15) is 0 Å². The molecular formula is C18H20BrNO4. The molecule has 2 aliphatic heterocycles. The van der Waals surface area contributed by atoms with Gasteiger partial charge in [0.1, 0.15) is 4.83 Å². The van der Waals surface area contributed by atoms with Gasteiger partial charge in [0.05, 0.1) is 12.5 Å². The molecule has 2 heterocycles. The number of hydrogen-bond donors (Lipinski definition) is 0. The number of hydrogen-bond acceptors (Lipinski definition) is 4. The number of nitrogens with zero attached hydrogens (tertiary/aromatic N) is 1. The highest BCUT2D eigenvalue weighted by Gasteiger charge is 2.61. The van der Waals surface area contributed by atoms with Crippen molar-refractivity contribution in [2.75, 3.05) is 25.2 Å². The average molecular weight is 394 g/mol.